The van der Waals surface area contributed by atoms with Gasteiger partial charge in [-0.2, -0.15) is 0 Å². The molecule has 1 N–H and O–H groups in total. The lowest BCUT2D eigenvalue weighted by Gasteiger charge is -2.33. The number of nitrogens with one attached hydrogen (secondary N) is 1. The fourth-order valence-electron chi connectivity index (χ4n) is 7.52. The number of hydrogen-bond acceptors (Lipinski definition) is 7. The first-order valence-electron chi connectivity index (χ1n) is 16.6. The molecule has 0 radical (unpaired) electrons. The summed E-state index contributed by atoms with van der Waals surface area (Å²) >= 11 is 0. The maximum Gasteiger partial charge on any atom is 0.142 e. The van der Waals surface area contributed by atoms with Gasteiger partial charge in [0.2, 0.25) is 0 Å². The van der Waals surface area contributed by atoms with Crippen LogP contribution in [0.25, 0.3) is 0 Å². The van der Waals surface area contributed by atoms with Gasteiger partial charge in [-0.1, -0.05) is 37.5 Å². The molecule has 2 aromatic carbocycles. The summed E-state index contributed by atoms with van der Waals surface area (Å²) in [5.74, 6) is 2.95. The first-order valence-corrected chi connectivity index (χ1v) is 16.6. The van der Waals surface area contributed by atoms with Crippen LogP contribution >= 0.6 is 0 Å². The summed E-state index contributed by atoms with van der Waals surface area (Å²) in [7, 11) is 1.76. The van der Waals surface area contributed by atoms with E-state index in [0.717, 1.165) is 89.3 Å². The van der Waals surface area contributed by atoms with Crippen molar-refractivity contribution in [3.8, 4) is 11.5 Å². The number of ether oxygens (including phenoxy) is 4. The lowest BCUT2D eigenvalue weighted by atomic mass is 9.81. The van der Waals surface area contributed by atoms with E-state index in [4.69, 9.17) is 18.9 Å². The average molecular weight is 578 g/mol. The van der Waals surface area contributed by atoms with Gasteiger partial charge in [0.25, 0.3) is 0 Å². The van der Waals surface area contributed by atoms with Crippen LogP contribution in [-0.2, 0) is 16.1 Å². The standard InChI is InChI=1S/C35H51N3O4/c1-39-20-5-17-37-19-21-41-35-13-8-27(22-34(35)37)25-40-26-29-23-36-16-14-33(29)28-9-11-31(12-10-28)42-32-15-18-38(24-32)30-6-3-2-4-7-30/h8-13,22,29-30,32-33,36H,2-7,14-21,23-26H2,1H3/t29?,32-,33+/m0/s1. The van der Waals surface area contributed by atoms with Crippen LogP contribution in [0.4, 0.5) is 5.69 Å². The fourth-order valence-corrected chi connectivity index (χ4v) is 7.52. The molecule has 1 saturated carbocycles. The summed E-state index contributed by atoms with van der Waals surface area (Å²) in [6, 6.07) is 16.3. The lowest BCUT2D eigenvalue weighted by molar-refractivity contribution is 0.0700. The highest BCUT2D eigenvalue weighted by Crippen LogP contribution is 2.35. The van der Waals surface area contributed by atoms with Crippen LogP contribution in [0.1, 0.15) is 68.4 Å². The summed E-state index contributed by atoms with van der Waals surface area (Å²) < 4.78 is 24.0. The minimum absolute atomic E-state index is 0.324. The second-order valence-electron chi connectivity index (χ2n) is 12.7. The summed E-state index contributed by atoms with van der Waals surface area (Å²) in [4.78, 5) is 5.10. The summed E-state index contributed by atoms with van der Waals surface area (Å²) in [5.41, 5.74) is 3.79. The normalized spacial score (nSPS) is 25.3. The number of benzene rings is 2. The molecule has 2 aromatic rings. The largest absolute Gasteiger partial charge is 0.490 e. The molecule has 1 unspecified atom stereocenters. The Morgan fingerprint density at radius 1 is 0.976 bits per heavy atom. The highest BCUT2D eigenvalue weighted by molar-refractivity contribution is 5.61. The first-order chi connectivity index (χ1) is 20.8. The van der Waals surface area contributed by atoms with Crippen LogP contribution in [0.15, 0.2) is 42.5 Å². The molecular formula is C35H51N3O4. The molecular weight excluding hydrogens is 526 g/mol. The van der Waals surface area contributed by atoms with Crippen molar-refractivity contribution in [2.24, 2.45) is 5.92 Å². The molecule has 7 heteroatoms. The lowest BCUT2D eigenvalue weighted by Crippen LogP contribution is -2.37. The van der Waals surface area contributed by atoms with Gasteiger partial charge >= 0.3 is 0 Å². The first kappa shape index (κ1) is 29.7. The van der Waals surface area contributed by atoms with Crippen molar-refractivity contribution in [1.29, 1.82) is 0 Å². The van der Waals surface area contributed by atoms with E-state index in [9.17, 15) is 0 Å². The van der Waals surface area contributed by atoms with Crippen LogP contribution in [0.2, 0.25) is 0 Å². The van der Waals surface area contributed by atoms with Crippen molar-refractivity contribution >= 4 is 5.69 Å². The quantitative estimate of drug-likeness (QED) is 0.329. The molecule has 0 amide bonds. The Morgan fingerprint density at radius 3 is 2.71 bits per heavy atom. The van der Waals surface area contributed by atoms with E-state index in [0.29, 0.717) is 24.5 Å². The predicted molar refractivity (Wildman–Crippen MR) is 168 cm³/mol. The van der Waals surface area contributed by atoms with Gasteiger partial charge in [0.15, 0.2) is 0 Å². The Labute approximate surface area is 252 Å². The molecule has 0 spiro atoms. The molecule has 7 nitrogen and oxygen atoms in total. The van der Waals surface area contributed by atoms with Gasteiger partial charge in [-0.05, 0) is 80.0 Å². The third kappa shape index (κ3) is 7.60. The SMILES string of the molecule is COCCCN1CCOc2ccc(COCC3CNCC[C@@H]3c3ccc(O[C@H]4CCN(C5CCCCC5)C4)cc3)cc21. The number of methoxy groups -OCH3 is 1. The molecule has 6 rings (SSSR count). The van der Waals surface area contributed by atoms with E-state index in [-0.39, 0.29) is 0 Å². The van der Waals surface area contributed by atoms with Gasteiger partial charge in [-0.15, -0.1) is 0 Å². The van der Waals surface area contributed by atoms with Gasteiger partial charge in [-0.3, -0.25) is 4.90 Å². The highest BCUT2D eigenvalue weighted by atomic mass is 16.5. The monoisotopic (exact) mass is 577 g/mol. The third-order valence-corrected chi connectivity index (χ3v) is 9.85. The second-order valence-corrected chi connectivity index (χ2v) is 12.7. The van der Waals surface area contributed by atoms with Gasteiger partial charge < -0.3 is 29.2 Å². The van der Waals surface area contributed by atoms with Gasteiger partial charge in [0.05, 0.1) is 25.4 Å². The number of nitrogens with zero attached hydrogens (tertiary/aromatic N) is 2. The topological polar surface area (TPSA) is 55.4 Å². The number of rotatable bonds is 12. The number of fused-ring (bicyclic) bond motifs is 1. The van der Waals surface area contributed by atoms with Crippen LogP contribution < -0.4 is 19.7 Å². The minimum atomic E-state index is 0.324. The molecule has 42 heavy (non-hydrogen) atoms. The molecule has 3 fully saturated rings. The molecule has 0 bridgehead atoms. The van der Waals surface area contributed by atoms with Crippen molar-refractivity contribution in [1.82, 2.24) is 10.2 Å². The second kappa shape index (κ2) is 14.9. The maximum absolute atomic E-state index is 6.46. The molecule has 3 atom stereocenters. The van der Waals surface area contributed by atoms with E-state index in [1.165, 1.54) is 55.5 Å². The van der Waals surface area contributed by atoms with Crippen LogP contribution in [-0.4, -0.2) is 83.2 Å². The molecule has 3 heterocycles. The molecule has 230 valence electrons. The van der Waals surface area contributed by atoms with Crippen LogP contribution in [0.5, 0.6) is 11.5 Å². The van der Waals surface area contributed by atoms with Gasteiger partial charge in [0, 0.05) is 51.9 Å². The average Bonchev–Trinajstić information content (AvgIpc) is 3.51. The van der Waals surface area contributed by atoms with E-state index in [2.05, 4.69) is 57.6 Å². The van der Waals surface area contributed by atoms with E-state index in [1.54, 1.807) is 7.11 Å². The number of anilines is 1. The van der Waals surface area contributed by atoms with Crippen molar-refractivity contribution in [3.63, 3.8) is 0 Å². The number of likely N-dealkylation sites (tertiary alicyclic amines) is 1. The maximum atomic E-state index is 6.46. The smallest absolute Gasteiger partial charge is 0.142 e. The molecule has 0 aromatic heterocycles. The Kier molecular flexibility index (Phi) is 10.6. The number of hydrogen-bond donors (Lipinski definition) is 1. The zero-order chi connectivity index (χ0) is 28.6. The molecule has 4 aliphatic rings. The molecule has 1 aliphatic carbocycles. The Hall–Kier alpha value is -2.32. The van der Waals surface area contributed by atoms with E-state index in [1.807, 2.05) is 0 Å². The van der Waals surface area contributed by atoms with Gasteiger partial charge in [-0.25, -0.2) is 0 Å². The molecule has 3 aliphatic heterocycles. The van der Waals surface area contributed by atoms with Crippen LogP contribution in [0, 0.1) is 5.92 Å². The highest BCUT2D eigenvalue weighted by Gasteiger charge is 2.31. The van der Waals surface area contributed by atoms with Gasteiger partial charge in [0.1, 0.15) is 24.2 Å². The van der Waals surface area contributed by atoms with E-state index < -0.39 is 0 Å². The van der Waals surface area contributed by atoms with Crippen molar-refractivity contribution in [3.05, 3.63) is 53.6 Å². The van der Waals surface area contributed by atoms with Crippen molar-refractivity contribution < 1.29 is 18.9 Å². The summed E-state index contributed by atoms with van der Waals surface area (Å²) in [6.07, 6.45) is 10.6. The molecule has 2 saturated heterocycles. The zero-order valence-corrected chi connectivity index (χ0v) is 25.6. The van der Waals surface area contributed by atoms with Crippen molar-refractivity contribution in [2.45, 2.75) is 76.0 Å². The predicted octanol–water partition coefficient (Wildman–Crippen LogP) is 5.62. The Morgan fingerprint density at radius 2 is 1.86 bits per heavy atom. The van der Waals surface area contributed by atoms with Crippen molar-refractivity contribution in [2.75, 3.05) is 71.1 Å². The zero-order valence-electron chi connectivity index (χ0n) is 25.6. The fraction of sp³-hybridized carbons (Fsp3) is 0.657. The summed E-state index contributed by atoms with van der Waals surface area (Å²) in [5, 5.41) is 3.60. The Balaban J connectivity index is 0.999. The van der Waals surface area contributed by atoms with Crippen LogP contribution in [0.3, 0.4) is 0 Å². The number of piperidine rings is 1. The summed E-state index contributed by atoms with van der Waals surface area (Å²) in [6.45, 7) is 9.11. The Bertz CT molecular complexity index is 1110. The third-order valence-electron chi connectivity index (χ3n) is 9.85. The van der Waals surface area contributed by atoms with E-state index >= 15 is 0 Å². The minimum Gasteiger partial charge on any atom is -0.490 e.